The first-order valence-corrected chi connectivity index (χ1v) is 11.4. The van der Waals surface area contributed by atoms with Crippen molar-refractivity contribution in [2.24, 2.45) is 0 Å². The van der Waals surface area contributed by atoms with Crippen molar-refractivity contribution in [2.75, 3.05) is 30.8 Å². The van der Waals surface area contributed by atoms with E-state index >= 15 is 0 Å². The lowest BCUT2D eigenvalue weighted by atomic mass is 10.2. The van der Waals surface area contributed by atoms with Crippen molar-refractivity contribution in [1.82, 2.24) is 10.6 Å². The number of alkyl carbamates (subject to hydrolysis) is 1. The summed E-state index contributed by atoms with van der Waals surface area (Å²) in [6.07, 6.45) is 1.90. The molecule has 2 aromatic rings. The highest BCUT2D eigenvalue weighted by Gasteiger charge is 2.10. The Morgan fingerprint density at radius 2 is 1.73 bits per heavy atom. The van der Waals surface area contributed by atoms with Gasteiger partial charge in [-0.2, -0.15) is 0 Å². The molecule has 0 atom stereocenters. The number of methoxy groups -OCH3 is 1. The van der Waals surface area contributed by atoms with Crippen LogP contribution in [0.2, 0.25) is 0 Å². The van der Waals surface area contributed by atoms with Gasteiger partial charge in [0.2, 0.25) is 10.0 Å². The molecule has 0 saturated carbocycles. The summed E-state index contributed by atoms with van der Waals surface area (Å²) in [6, 6.07) is 16.1. The molecule has 8 nitrogen and oxygen atoms in total. The first-order valence-electron chi connectivity index (χ1n) is 9.71. The van der Waals surface area contributed by atoms with Crippen LogP contribution in [0.4, 0.5) is 10.5 Å². The van der Waals surface area contributed by atoms with Gasteiger partial charge in [-0.25, -0.2) is 18.5 Å². The van der Waals surface area contributed by atoms with E-state index in [4.69, 9.17) is 9.47 Å². The van der Waals surface area contributed by atoms with E-state index in [9.17, 15) is 13.2 Å². The third-order valence-electron chi connectivity index (χ3n) is 4.10. The third-order valence-corrected chi connectivity index (χ3v) is 5.17. The molecule has 0 unspecified atom stereocenters. The van der Waals surface area contributed by atoms with Gasteiger partial charge in [-0.05, 0) is 42.7 Å². The van der Waals surface area contributed by atoms with Crippen LogP contribution in [-0.4, -0.2) is 40.6 Å². The zero-order chi connectivity index (χ0) is 21.7. The highest BCUT2D eigenvalue weighted by Crippen LogP contribution is 2.16. The molecule has 0 heterocycles. The molecule has 1 amide bonds. The SMILES string of the molecule is COc1ccc(NS(=O)(=O)C[N]CCCCCNC(=O)OCc2ccccc2)cc1. The van der Waals surface area contributed by atoms with E-state index < -0.39 is 16.1 Å². The number of anilines is 1. The average Bonchev–Trinajstić information content (AvgIpc) is 2.75. The van der Waals surface area contributed by atoms with Crippen molar-refractivity contribution >= 4 is 21.8 Å². The van der Waals surface area contributed by atoms with Crippen molar-refractivity contribution < 1.29 is 22.7 Å². The number of nitrogens with one attached hydrogen (secondary N) is 2. The molecule has 0 saturated heterocycles. The number of benzene rings is 2. The van der Waals surface area contributed by atoms with Crippen molar-refractivity contribution in [3.8, 4) is 5.75 Å². The van der Waals surface area contributed by atoms with Gasteiger partial charge >= 0.3 is 6.09 Å². The molecule has 0 aliphatic heterocycles. The van der Waals surface area contributed by atoms with Gasteiger partial charge in [0.05, 0.1) is 7.11 Å². The number of sulfonamides is 1. The Bertz CT molecular complexity index is 858. The zero-order valence-corrected chi connectivity index (χ0v) is 17.9. The Hall–Kier alpha value is -2.78. The number of unbranched alkanes of at least 4 members (excludes halogenated alkanes) is 2. The Balaban J connectivity index is 1.49. The van der Waals surface area contributed by atoms with Crippen LogP contribution in [0.25, 0.3) is 0 Å². The number of carbonyl (C=O) groups excluding carboxylic acids is 1. The molecule has 2 N–H and O–H groups in total. The molecular weight excluding hydrogens is 406 g/mol. The maximum absolute atomic E-state index is 12.0. The standard InChI is InChI=1S/C21H28N3O5S/c1-28-20-12-10-19(11-13-20)24-30(26,27)17-22-14-6-3-7-15-23-21(25)29-16-18-8-4-2-5-9-18/h2,4-5,8-13,24H,3,6-7,14-17H2,1H3,(H,23,25). The second-order valence-corrected chi connectivity index (χ2v) is 8.26. The van der Waals surface area contributed by atoms with Crippen LogP contribution in [0.1, 0.15) is 24.8 Å². The highest BCUT2D eigenvalue weighted by molar-refractivity contribution is 7.92. The van der Waals surface area contributed by atoms with Gasteiger partial charge in [0, 0.05) is 18.8 Å². The molecule has 2 aromatic carbocycles. The Morgan fingerprint density at radius 1 is 1.00 bits per heavy atom. The lowest BCUT2D eigenvalue weighted by Gasteiger charge is -2.09. The predicted octanol–water partition coefficient (Wildman–Crippen LogP) is 3.10. The van der Waals surface area contributed by atoms with E-state index in [0.717, 1.165) is 24.8 Å². The molecular formula is C21H28N3O5S. The van der Waals surface area contributed by atoms with E-state index in [1.165, 1.54) is 0 Å². The van der Waals surface area contributed by atoms with E-state index in [-0.39, 0.29) is 12.5 Å². The average molecular weight is 435 g/mol. The molecule has 30 heavy (non-hydrogen) atoms. The first-order chi connectivity index (χ1) is 14.5. The lowest BCUT2D eigenvalue weighted by molar-refractivity contribution is 0.139. The van der Waals surface area contributed by atoms with Crippen LogP contribution in [0, 0.1) is 0 Å². The van der Waals surface area contributed by atoms with Gasteiger partial charge in [-0.1, -0.05) is 36.8 Å². The first kappa shape index (κ1) is 23.5. The summed E-state index contributed by atoms with van der Waals surface area (Å²) in [5.41, 5.74) is 1.40. The van der Waals surface area contributed by atoms with Crippen LogP contribution < -0.4 is 20.1 Å². The Kier molecular flexibility index (Phi) is 9.96. The summed E-state index contributed by atoms with van der Waals surface area (Å²) in [7, 11) is -1.98. The van der Waals surface area contributed by atoms with Gasteiger partial charge in [0.1, 0.15) is 18.2 Å². The van der Waals surface area contributed by atoms with Gasteiger partial charge in [-0.3, -0.25) is 4.72 Å². The summed E-state index contributed by atoms with van der Waals surface area (Å²) >= 11 is 0. The molecule has 9 heteroatoms. The maximum Gasteiger partial charge on any atom is 0.407 e. The smallest absolute Gasteiger partial charge is 0.407 e. The Morgan fingerprint density at radius 3 is 2.43 bits per heavy atom. The minimum absolute atomic E-state index is 0.241. The fourth-order valence-corrected chi connectivity index (χ4v) is 3.47. The minimum Gasteiger partial charge on any atom is -0.497 e. The molecule has 0 fully saturated rings. The summed E-state index contributed by atoms with van der Waals surface area (Å²) in [6.45, 7) is 1.19. The number of carbonyl (C=O) groups is 1. The fourth-order valence-electron chi connectivity index (χ4n) is 2.55. The van der Waals surface area contributed by atoms with E-state index in [0.29, 0.717) is 24.5 Å². The van der Waals surface area contributed by atoms with E-state index in [1.807, 2.05) is 30.3 Å². The monoisotopic (exact) mass is 434 g/mol. The normalized spacial score (nSPS) is 11.0. The molecule has 0 aromatic heterocycles. The van der Waals surface area contributed by atoms with E-state index in [1.54, 1.807) is 31.4 Å². The van der Waals surface area contributed by atoms with Gasteiger partial charge in [0.25, 0.3) is 0 Å². The predicted molar refractivity (Wildman–Crippen MR) is 116 cm³/mol. The van der Waals surface area contributed by atoms with Crippen molar-refractivity contribution in [3.63, 3.8) is 0 Å². The summed E-state index contributed by atoms with van der Waals surface area (Å²) in [5, 5.41) is 6.78. The summed E-state index contributed by atoms with van der Waals surface area (Å²) in [4.78, 5) is 11.6. The molecule has 2 rings (SSSR count). The van der Waals surface area contributed by atoms with Crippen LogP contribution >= 0.6 is 0 Å². The van der Waals surface area contributed by atoms with Crippen molar-refractivity contribution in [2.45, 2.75) is 25.9 Å². The molecule has 0 bridgehead atoms. The van der Waals surface area contributed by atoms with Gasteiger partial charge < -0.3 is 14.8 Å². The fraction of sp³-hybridized carbons (Fsp3) is 0.381. The molecule has 0 aliphatic rings. The van der Waals surface area contributed by atoms with E-state index in [2.05, 4.69) is 15.4 Å². The quantitative estimate of drug-likeness (QED) is 0.471. The zero-order valence-electron chi connectivity index (χ0n) is 17.0. The minimum atomic E-state index is -3.52. The molecule has 1 radical (unpaired) electrons. The summed E-state index contributed by atoms with van der Waals surface area (Å²) < 4.78 is 36.7. The molecule has 0 spiro atoms. The molecule has 0 aliphatic carbocycles. The largest absolute Gasteiger partial charge is 0.497 e. The van der Waals surface area contributed by atoms with Crippen LogP contribution in [0.5, 0.6) is 5.75 Å². The number of amides is 1. The third kappa shape index (κ3) is 9.62. The number of hydrogen-bond acceptors (Lipinski definition) is 5. The van der Waals surface area contributed by atoms with Crippen LogP contribution in [0.15, 0.2) is 54.6 Å². The van der Waals surface area contributed by atoms with Crippen LogP contribution in [0.3, 0.4) is 0 Å². The Labute approximate surface area is 178 Å². The summed E-state index contributed by atoms with van der Waals surface area (Å²) in [5.74, 6) is 0.366. The maximum atomic E-state index is 12.0. The van der Waals surface area contributed by atoms with Crippen molar-refractivity contribution in [1.29, 1.82) is 0 Å². The number of ether oxygens (including phenoxy) is 2. The molecule has 163 valence electrons. The van der Waals surface area contributed by atoms with Crippen LogP contribution in [-0.2, 0) is 21.4 Å². The number of hydrogen-bond donors (Lipinski definition) is 2. The number of nitrogens with zero attached hydrogens (tertiary/aromatic N) is 1. The van der Waals surface area contributed by atoms with Gasteiger partial charge in [0.15, 0.2) is 0 Å². The van der Waals surface area contributed by atoms with Crippen molar-refractivity contribution in [3.05, 3.63) is 60.2 Å². The van der Waals surface area contributed by atoms with Gasteiger partial charge in [-0.15, -0.1) is 0 Å². The lowest BCUT2D eigenvalue weighted by Crippen LogP contribution is -2.25. The highest BCUT2D eigenvalue weighted by atomic mass is 32.2. The second-order valence-electron chi connectivity index (χ2n) is 6.57. The topological polar surface area (TPSA) is 108 Å². The second kappa shape index (κ2) is 12.7. The number of rotatable bonds is 13.